The molecule has 0 aliphatic heterocycles. The van der Waals surface area contributed by atoms with Crippen molar-refractivity contribution < 1.29 is 26.9 Å². The lowest BCUT2D eigenvalue weighted by molar-refractivity contribution is 0.0661. The van der Waals surface area contributed by atoms with Gasteiger partial charge in [0.1, 0.15) is 10.7 Å². The first-order chi connectivity index (χ1) is 8.63. The number of carbonyl (C=O) groups is 1. The Morgan fingerprint density at radius 1 is 1.58 bits per heavy atom. The normalized spacial score (nSPS) is 15.1. The molecule has 9 heteroatoms. The SMILES string of the molecule is Cc1oc(C(=O)O)cc1S(=O)(=O)NC(C)CS(C)=O. The fourth-order valence-electron chi connectivity index (χ4n) is 1.55. The van der Waals surface area contributed by atoms with Crippen molar-refractivity contribution in [3.63, 3.8) is 0 Å². The summed E-state index contributed by atoms with van der Waals surface area (Å²) in [6.45, 7) is 2.94. The van der Waals surface area contributed by atoms with E-state index in [1.807, 2.05) is 0 Å². The molecular weight excluding hydrogens is 294 g/mol. The van der Waals surface area contributed by atoms with Crippen LogP contribution in [0.5, 0.6) is 0 Å². The number of carboxylic acids is 1. The van der Waals surface area contributed by atoms with Crippen molar-refractivity contribution in [1.29, 1.82) is 0 Å². The smallest absolute Gasteiger partial charge is 0.371 e. The van der Waals surface area contributed by atoms with Gasteiger partial charge in [0.2, 0.25) is 15.8 Å². The summed E-state index contributed by atoms with van der Waals surface area (Å²) in [5.41, 5.74) is 0. The maximum Gasteiger partial charge on any atom is 0.371 e. The second-order valence-electron chi connectivity index (χ2n) is 4.10. The molecule has 0 amide bonds. The highest BCUT2D eigenvalue weighted by Crippen LogP contribution is 2.20. The number of hydrogen-bond donors (Lipinski definition) is 2. The predicted molar refractivity (Wildman–Crippen MR) is 69.1 cm³/mol. The van der Waals surface area contributed by atoms with E-state index in [2.05, 4.69) is 4.72 Å². The summed E-state index contributed by atoms with van der Waals surface area (Å²) in [5, 5.41) is 8.74. The lowest BCUT2D eigenvalue weighted by Gasteiger charge is -2.12. The molecule has 108 valence electrons. The molecule has 0 radical (unpaired) electrons. The monoisotopic (exact) mass is 309 g/mol. The zero-order valence-corrected chi connectivity index (χ0v) is 12.3. The van der Waals surface area contributed by atoms with Crippen LogP contribution in [0.3, 0.4) is 0 Å². The molecule has 0 fully saturated rings. The van der Waals surface area contributed by atoms with Crippen LogP contribution < -0.4 is 4.72 Å². The van der Waals surface area contributed by atoms with Crippen LogP contribution in [0, 0.1) is 6.92 Å². The lowest BCUT2D eigenvalue weighted by atomic mass is 10.4. The third kappa shape index (κ3) is 4.15. The minimum Gasteiger partial charge on any atom is -0.475 e. The number of hydrogen-bond acceptors (Lipinski definition) is 5. The van der Waals surface area contributed by atoms with Crippen molar-refractivity contribution in [2.45, 2.75) is 24.8 Å². The van der Waals surface area contributed by atoms with Crippen LogP contribution >= 0.6 is 0 Å². The van der Waals surface area contributed by atoms with Gasteiger partial charge in [-0.2, -0.15) is 0 Å². The summed E-state index contributed by atoms with van der Waals surface area (Å²) >= 11 is 0. The van der Waals surface area contributed by atoms with Gasteiger partial charge in [-0.1, -0.05) is 0 Å². The van der Waals surface area contributed by atoms with E-state index in [0.717, 1.165) is 6.07 Å². The van der Waals surface area contributed by atoms with Crippen molar-refractivity contribution in [2.24, 2.45) is 0 Å². The predicted octanol–water partition coefficient (Wildman–Crippen LogP) is 0.332. The van der Waals surface area contributed by atoms with Crippen LogP contribution in [0.15, 0.2) is 15.4 Å². The lowest BCUT2D eigenvalue weighted by Crippen LogP contribution is -2.36. The molecule has 19 heavy (non-hydrogen) atoms. The molecule has 7 nitrogen and oxygen atoms in total. The number of carboxylic acid groups (broad SMARTS) is 1. The van der Waals surface area contributed by atoms with Crippen molar-refractivity contribution in [3.05, 3.63) is 17.6 Å². The zero-order chi connectivity index (χ0) is 14.8. The number of sulfonamides is 1. The first-order valence-electron chi connectivity index (χ1n) is 5.29. The molecule has 0 saturated carbocycles. The molecule has 2 N–H and O–H groups in total. The average molecular weight is 309 g/mol. The van der Waals surface area contributed by atoms with Crippen LogP contribution in [0.25, 0.3) is 0 Å². The van der Waals surface area contributed by atoms with E-state index in [1.165, 1.54) is 13.2 Å². The summed E-state index contributed by atoms with van der Waals surface area (Å²) in [6, 6.07) is 0.425. The molecule has 0 bridgehead atoms. The molecule has 2 unspecified atom stereocenters. The van der Waals surface area contributed by atoms with Crippen LogP contribution in [0.1, 0.15) is 23.2 Å². The number of aromatic carboxylic acids is 1. The van der Waals surface area contributed by atoms with Gasteiger partial charge in [-0.05, 0) is 13.8 Å². The fourth-order valence-corrected chi connectivity index (χ4v) is 3.87. The Labute approximate surface area is 113 Å². The fraction of sp³-hybridized carbons (Fsp3) is 0.500. The maximum absolute atomic E-state index is 12.0. The van der Waals surface area contributed by atoms with Gasteiger partial charge in [0, 0.05) is 34.9 Å². The van der Waals surface area contributed by atoms with Crippen LogP contribution in [0.2, 0.25) is 0 Å². The average Bonchev–Trinajstić information content (AvgIpc) is 2.58. The van der Waals surface area contributed by atoms with E-state index in [1.54, 1.807) is 6.92 Å². The number of furan rings is 1. The highest BCUT2D eigenvalue weighted by atomic mass is 32.2. The molecule has 0 saturated heterocycles. The van der Waals surface area contributed by atoms with Crippen molar-refractivity contribution in [2.75, 3.05) is 12.0 Å². The van der Waals surface area contributed by atoms with Gasteiger partial charge >= 0.3 is 5.97 Å². The summed E-state index contributed by atoms with van der Waals surface area (Å²) in [4.78, 5) is 10.5. The summed E-state index contributed by atoms with van der Waals surface area (Å²) in [5.74, 6) is -1.62. The second kappa shape index (κ2) is 5.85. The highest BCUT2D eigenvalue weighted by molar-refractivity contribution is 7.89. The standard InChI is InChI=1S/C10H15NO6S2/c1-6(5-18(3)14)11-19(15,16)9-4-8(10(12)13)17-7(9)2/h4,6,11H,5H2,1-3H3,(H,12,13). The van der Waals surface area contributed by atoms with Crippen LogP contribution in [-0.2, 0) is 20.8 Å². The van der Waals surface area contributed by atoms with Gasteiger partial charge in [0.05, 0.1) is 0 Å². The highest BCUT2D eigenvalue weighted by Gasteiger charge is 2.25. The van der Waals surface area contributed by atoms with Gasteiger partial charge in [-0.15, -0.1) is 0 Å². The van der Waals surface area contributed by atoms with Gasteiger partial charge < -0.3 is 9.52 Å². The molecule has 0 aromatic carbocycles. The molecule has 0 aliphatic rings. The largest absolute Gasteiger partial charge is 0.475 e. The minimum absolute atomic E-state index is 0.00489. The van der Waals surface area contributed by atoms with Crippen LogP contribution in [-0.4, -0.2) is 41.8 Å². The van der Waals surface area contributed by atoms with Gasteiger partial charge in [0.25, 0.3) is 0 Å². The van der Waals surface area contributed by atoms with E-state index >= 15 is 0 Å². The minimum atomic E-state index is -3.89. The molecule has 1 aromatic rings. The maximum atomic E-state index is 12.0. The molecule has 1 rings (SSSR count). The summed E-state index contributed by atoms with van der Waals surface area (Å²) < 4.78 is 42.2. The van der Waals surface area contributed by atoms with Gasteiger partial charge in [-0.3, -0.25) is 4.21 Å². The van der Waals surface area contributed by atoms with E-state index in [-0.39, 0.29) is 16.4 Å². The van der Waals surface area contributed by atoms with E-state index in [0.29, 0.717) is 0 Å². The molecule has 1 aromatic heterocycles. The van der Waals surface area contributed by atoms with Crippen molar-refractivity contribution in [1.82, 2.24) is 4.72 Å². The van der Waals surface area contributed by atoms with E-state index in [4.69, 9.17) is 9.52 Å². The Morgan fingerprint density at radius 2 is 2.16 bits per heavy atom. The van der Waals surface area contributed by atoms with E-state index < -0.39 is 38.6 Å². The van der Waals surface area contributed by atoms with Gasteiger partial charge in [0.15, 0.2) is 0 Å². The van der Waals surface area contributed by atoms with Gasteiger partial charge in [-0.25, -0.2) is 17.9 Å². The first kappa shape index (κ1) is 15.9. The Kier molecular flexibility index (Phi) is 4.88. The zero-order valence-electron chi connectivity index (χ0n) is 10.7. The molecule has 1 heterocycles. The topological polar surface area (TPSA) is 114 Å². The summed E-state index contributed by atoms with van der Waals surface area (Å²) in [6.07, 6.45) is 1.47. The molecule has 2 atom stereocenters. The molecule has 0 aliphatic carbocycles. The molecule has 0 spiro atoms. The van der Waals surface area contributed by atoms with Crippen molar-refractivity contribution in [3.8, 4) is 0 Å². The second-order valence-corrected chi connectivity index (χ2v) is 7.26. The quantitative estimate of drug-likeness (QED) is 0.783. The van der Waals surface area contributed by atoms with Crippen molar-refractivity contribution >= 4 is 26.8 Å². The Bertz CT molecular complexity index is 604. The summed E-state index contributed by atoms with van der Waals surface area (Å²) in [7, 11) is -5.03. The number of nitrogens with one attached hydrogen (secondary N) is 1. The molecular formula is C10H15NO6S2. The van der Waals surface area contributed by atoms with Crippen LogP contribution in [0.4, 0.5) is 0 Å². The Balaban J connectivity index is 3.00. The third-order valence-corrected chi connectivity index (χ3v) is 4.88. The Hall–Kier alpha value is -1.19. The number of rotatable bonds is 6. The third-order valence-electron chi connectivity index (χ3n) is 2.21. The van der Waals surface area contributed by atoms with E-state index in [9.17, 15) is 17.4 Å². The first-order valence-corrected chi connectivity index (χ1v) is 8.50. The Morgan fingerprint density at radius 3 is 2.58 bits per heavy atom. The number of aryl methyl sites for hydroxylation is 1.